The predicted molar refractivity (Wildman–Crippen MR) is 54.6 cm³/mol. The zero-order valence-corrected chi connectivity index (χ0v) is 7.86. The topological polar surface area (TPSA) is 70.2 Å². The van der Waals surface area contributed by atoms with E-state index in [4.69, 9.17) is 5.11 Å². The zero-order valence-electron chi connectivity index (χ0n) is 7.86. The van der Waals surface area contributed by atoms with E-state index in [1.807, 2.05) is 18.2 Å². The van der Waals surface area contributed by atoms with Gasteiger partial charge in [-0.25, -0.2) is 4.79 Å². The van der Waals surface area contributed by atoms with Gasteiger partial charge >= 0.3 is 5.97 Å². The molecule has 0 aliphatic heterocycles. The lowest BCUT2D eigenvalue weighted by Crippen LogP contribution is -2.14. The number of carboxylic acids is 1. The number of carbonyl (C=O) groups is 2. The molecule has 0 aliphatic rings. The number of aromatic nitrogens is 1. The van der Waals surface area contributed by atoms with E-state index >= 15 is 0 Å². The summed E-state index contributed by atoms with van der Waals surface area (Å²) in [5, 5.41) is 9.44. The molecule has 0 bridgehead atoms. The Morgan fingerprint density at radius 1 is 1.27 bits per heavy atom. The molecule has 4 heteroatoms. The lowest BCUT2D eigenvalue weighted by atomic mass is 10.1. The maximum absolute atomic E-state index is 11.0. The molecule has 0 saturated carbocycles. The normalized spacial score (nSPS) is 10.4. The van der Waals surface area contributed by atoms with Gasteiger partial charge in [-0.15, -0.1) is 0 Å². The fraction of sp³-hybridized carbons (Fsp3) is 0.0909. The molecular weight excluding hydrogens is 194 g/mol. The average molecular weight is 203 g/mol. The van der Waals surface area contributed by atoms with Gasteiger partial charge < -0.3 is 10.1 Å². The van der Waals surface area contributed by atoms with Gasteiger partial charge in [0.25, 0.3) is 0 Å². The van der Waals surface area contributed by atoms with Crippen LogP contribution >= 0.6 is 0 Å². The molecular formula is C11H9NO3. The first-order valence-corrected chi connectivity index (χ1v) is 4.49. The Bertz CT molecular complexity index is 527. The highest BCUT2D eigenvalue weighted by atomic mass is 16.4. The van der Waals surface area contributed by atoms with Gasteiger partial charge in [0.05, 0.1) is 0 Å². The zero-order chi connectivity index (χ0) is 10.8. The molecule has 0 saturated heterocycles. The molecule has 0 aliphatic carbocycles. The van der Waals surface area contributed by atoms with Crippen molar-refractivity contribution in [1.29, 1.82) is 0 Å². The van der Waals surface area contributed by atoms with Crippen LogP contribution in [0.15, 0.2) is 30.5 Å². The molecule has 1 heterocycles. The molecule has 0 unspecified atom stereocenters. The highest BCUT2D eigenvalue weighted by Crippen LogP contribution is 2.14. The number of carbonyl (C=O) groups excluding carboxylic acids is 1. The summed E-state index contributed by atoms with van der Waals surface area (Å²) in [7, 11) is 0. The highest BCUT2D eigenvalue weighted by molar-refractivity contribution is 6.33. The van der Waals surface area contributed by atoms with Crippen LogP contribution in [0.5, 0.6) is 0 Å². The van der Waals surface area contributed by atoms with E-state index < -0.39 is 11.8 Å². The second-order valence-electron chi connectivity index (χ2n) is 3.30. The number of hydrogen-bond donors (Lipinski definition) is 2. The van der Waals surface area contributed by atoms with Gasteiger partial charge in [-0.2, -0.15) is 0 Å². The Morgan fingerprint density at radius 3 is 2.80 bits per heavy atom. The molecule has 1 aromatic carbocycles. The van der Waals surface area contributed by atoms with Crippen LogP contribution in [-0.4, -0.2) is 21.8 Å². The number of aliphatic carboxylic acids is 1. The molecule has 0 spiro atoms. The monoisotopic (exact) mass is 203 g/mol. The van der Waals surface area contributed by atoms with Crippen LogP contribution in [0.4, 0.5) is 0 Å². The number of carboxylic acid groups (broad SMARTS) is 1. The van der Waals surface area contributed by atoms with Crippen molar-refractivity contribution >= 4 is 22.7 Å². The van der Waals surface area contributed by atoms with Crippen molar-refractivity contribution in [1.82, 2.24) is 4.98 Å². The van der Waals surface area contributed by atoms with E-state index in [-0.39, 0.29) is 6.42 Å². The summed E-state index contributed by atoms with van der Waals surface area (Å²) in [6.07, 6.45) is 1.74. The molecule has 15 heavy (non-hydrogen) atoms. The summed E-state index contributed by atoms with van der Waals surface area (Å²) in [5.74, 6) is -2.17. The molecule has 2 N–H and O–H groups in total. The predicted octanol–water partition coefficient (Wildman–Crippen LogP) is 1.36. The number of ketones is 1. The second-order valence-corrected chi connectivity index (χ2v) is 3.30. The third-order valence-corrected chi connectivity index (χ3v) is 2.22. The molecule has 1 aromatic heterocycles. The molecule has 0 radical (unpaired) electrons. The minimum absolute atomic E-state index is 0.0591. The molecule has 0 amide bonds. The third kappa shape index (κ3) is 1.88. The Morgan fingerprint density at radius 2 is 2.07 bits per heavy atom. The Labute approximate surface area is 85.5 Å². The SMILES string of the molecule is O=C(O)C(=O)Cc1ccc2[nH]ccc2c1. The van der Waals surface area contributed by atoms with Gasteiger partial charge in [-0.3, -0.25) is 4.79 Å². The van der Waals surface area contributed by atoms with Crippen molar-refractivity contribution in [3.63, 3.8) is 0 Å². The summed E-state index contributed by atoms with van der Waals surface area (Å²) in [4.78, 5) is 24.4. The fourth-order valence-electron chi connectivity index (χ4n) is 1.47. The lowest BCUT2D eigenvalue weighted by Gasteiger charge is -1.98. The number of benzene rings is 1. The number of hydrogen-bond acceptors (Lipinski definition) is 2. The van der Waals surface area contributed by atoms with Crippen LogP contribution < -0.4 is 0 Å². The number of aromatic amines is 1. The first-order chi connectivity index (χ1) is 7.16. The van der Waals surface area contributed by atoms with E-state index in [1.165, 1.54) is 0 Å². The van der Waals surface area contributed by atoms with Crippen LogP contribution in [0.3, 0.4) is 0 Å². The standard InChI is InChI=1S/C11H9NO3/c13-10(11(14)15)6-7-1-2-9-8(5-7)3-4-12-9/h1-5,12H,6H2,(H,14,15). The maximum Gasteiger partial charge on any atom is 0.372 e. The van der Waals surface area contributed by atoms with E-state index in [9.17, 15) is 9.59 Å². The number of nitrogens with one attached hydrogen (secondary N) is 1. The van der Waals surface area contributed by atoms with Crippen molar-refractivity contribution < 1.29 is 14.7 Å². The number of fused-ring (bicyclic) bond motifs is 1. The summed E-state index contributed by atoms with van der Waals surface area (Å²) in [6, 6.07) is 7.27. The third-order valence-electron chi connectivity index (χ3n) is 2.22. The van der Waals surface area contributed by atoms with Crippen molar-refractivity contribution in [3.8, 4) is 0 Å². The summed E-state index contributed by atoms with van der Waals surface area (Å²) >= 11 is 0. The molecule has 0 atom stereocenters. The van der Waals surface area contributed by atoms with Crippen LogP contribution in [0, 0.1) is 0 Å². The van der Waals surface area contributed by atoms with Crippen molar-refractivity contribution in [2.24, 2.45) is 0 Å². The van der Waals surface area contributed by atoms with Gasteiger partial charge in [0, 0.05) is 18.1 Å². The molecule has 2 rings (SSSR count). The first-order valence-electron chi connectivity index (χ1n) is 4.49. The van der Waals surface area contributed by atoms with Crippen molar-refractivity contribution in [2.45, 2.75) is 6.42 Å². The van der Waals surface area contributed by atoms with Gasteiger partial charge in [-0.1, -0.05) is 6.07 Å². The van der Waals surface area contributed by atoms with Crippen LogP contribution in [0.2, 0.25) is 0 Å². The Hall–Kier alpha value is -2.10. The first kappa shape index (κ1) is 9.45. The second kappa shape index (κ2) is 3.57. The Balaban J connectivity index is 2.28. The molecule has 4 nitrogen and oxygen atoms in total. The van der Waals surface area contributed by atoms with E-state index in [2.05, 4.69) is 4.98 Å². The van der Waals surface area contributed by atoms with Crippen molar-refractivity contribution in [2.75, 3.05) is 0 Å². The van der Waals surface area contributed by atoms with Crippen molar-refractivity contribution in [3.05, 3.63) is 36.0 Å². The van der Waals surface area contributed by atoms with Gasteiger partial charge in [-0.05, 0) is 29.1 Å². The smallest absolute Gasteiger partial charge is 0.372 e. The van der Waals surface area contributed by atoms with Gasteiger partial charge in [0.1, 0.15) is 0 Å². The number of rotatable bonds is 3. The summed E-state index contributed by atoms with van der Waals surface area (Å²) < 4.78 is 0. The summed E-state index contributed by atoms with van der Waals surface area (Å²) in [5.41, 5.74) is 1.69. The fourth-order valence-corrected chi connectivity index (χ4v) is 1.47. The largest absolute Gasteiger partial charge is 0.475 e. The molecule has 2 aromatic rings. The quantitative estimate of drug-likeness (QED) is 0.740. The molecule has 76 valence electrons. The average Bonchev–Trinajstić information content (AvgIpc) is 2.64. The van der Waals surface area contributed by atoms with Gasteiger partial charge in [0.15, 0.2) is 0 Å². The van der Waals surface area contributed by atoms with Crippen LogP contribution in [0.1, 0.15) is 5.56 Å². The molecule has 0 fully saturated rings. The van der Waals surface area contributed by atoms with Crippen LogP contribution in [-0.2, 0) is 16.0 Å². The van der Waals surface area contributed by atoms with Gasteiger partial charge in [0.2, 0.25) is 5.78 Å². The van der Waals surface area contributed by atoms with E-state index in [0.29, 0.717) is 0 Å². The minimum Gasteiger partial charge on any atom is -0.475 e. The van der Waals surface area contributed by atoms with E-state index in [0.717, 1.165) is 16.5 Å². The lowest BCUT2D eigenvalue weighted by molar-refractivity contribution is -0.148. The minimum atomic E-state index is -1.39. The summed E-state index contributed by atoms with van der Waals surface area (Å²) in [6.45, 7) is 0. The van der Waals surface area contributed by atoms with Crippen LogP contribution in [0.25, 0.3) is 10.9 Å². The highest BCUT2D eigenvalue weighted by Gasteiger charge is 2.12. The number of H-pyrrole nitrogens is 1. The Kier molecular flexibility index (Phi) is 2.25. The maximum atomic E-state index is 11.0. The number of Topliss-reactive ketones (excluding diaryl/α,β-unsaturated/α-hetero) is 1. The van der Waals surface area contributed by atoms with E-state index in [1.54, 1.807) is 12.3 Å².